The van der Waals surface area contributed by atoms with E-state index >= 15 is 0 Å². The first-order valence-electron chi connectivity index (χ1n) is 4.89. The Morgan fingerprint density at radius 1 is 1.47 bits per heavy atom. The van der Waals surface area contributed by atoms with Gasteiger partial charge in [-0.15, -0.1) is 0 Å². The van der Waals surface area contributed by atoms with Gasteiger partial charge < -0.3 is 9.84 Å². The van der Waals surface area contributed by atoms with E-state index in [2.05, 4.69) is 15.9 Å². The van der Waals surface area contributed by atoms with Crippen LogP contribution in [0.1, 0.15) is 12.5 Å². The molecule has 0 radical (unpaired) electrons. The van der Waals surface area contributed by atoms with Crippen LogP contribution in [0.2, 0.25) is 0 Å². The van der Waals surface area contributed by atoms with Crippen LogP contribution in [0.5, 0.6) is 5.75 Å². The molecular weight excluding hydrogens is 301 g/mol. The van der Waals surface area contributed by atoms with Crippen molar-refractivity contribution in [3.05, 3.63) is 28.2 Å². The molecule has 0 spiro atoms. The van der Waals surface area contributed by atoms with Crippen molar-refractivity contribution in [1.82, 2.24) is 0 Å². The number of alkyl halides is 3. The van der Waals surface area contributed by atoms with E-state index < -0.39 is 25.3 Å². The number of aliphatic hydroxyl groups excluding tert-OH is 1. The minimum Gasteiger partial charge on any atom is -0.485 e. The minimum absolute atomic E-state index is 0.127. The zero-order valence-electron chi connectivity index (χ0n) is 9.09. The fourth-order valence-electron chi connectivity index (χ4n) is 1.25. The van der Waals surface area contributed by atoms with Crippen molar-refractivity contribution in [2.24, 2.45) is 0 Å². The number of benzene rings is 1. The Kier molecular flexibility index (Phi) is 4.82. The first kappa shape index (κ1) is 14.3. The maximum absolute atomic E-state index is 13.3. The predicted octanol–water partition coefficient (Wildman–Crippen LogP) is 3.27. The summed E-state index contributed by atoms with van der Waals surface area (Å²) in [6.07, 6.45) is -1.13. The highest BCUT2D eigenvalue weighted by Gasteiger charge is 2.29. The van der Waals surface area contributed by atoms with E-state index in [4.69, 9.17) is 9.84 Å². The highest BCUT2D eigenvalue weighted by Crippen LogP contribution is 2.36. The molecule has 0 heterocycles. The molecule has 96 valence electrons. The maximum atomic E-state index is 13.3. The van der Waals surface area contributed by atoms with Crippen LogP contribution in [-0.2, 0) is 5.92 Å². The molecule has 6 heteroatoms. The first-order valence-corrected chi connectivity index (χ1v) is 5.69. The van der Waals surface area contributed by atoms with Gasteiger partial charge in [-0.05, 0) is 18.2 Å². The Morgan fingerprint density at radius 2 is 2.12 bits per heavy atom. The number of hydrogen-bond donors (Lipinski definition) is 1. The van der Waals surface area contributed by atoms with Gasteiger partial charge in [-0.3, -0.25) is 0 Å². The molecule has 1 rings (SSSR count). The Labute approximate surface area is 106 Å². The number of ether oxygens (including phenoxy) is 1. The standard InChI is InChI=1S/C11H12BrF3O2/c1-11(14,15)9-4-7(12)2-3-10(9)17-8(5-13)6-16/h2-4,8,16H,5-6H2,1H3/t8-/m0/s1. The van der Waals surface area contributed by atoms with Crippen LogP contribution < -0.4 is 4.74 Å². The molecule has 1 N–H and O–H groups in total. The van der Waals surface area contributed by atoms with E-state index in [1.54, 1.807) is 0 Å². The molecule has 0 aliphatic carbocycles. The summed E-state index contributed by atoms with van der Waals surface area (Å²) in [4.78, 5) is 0. The summed E-state index contributed by atoms with van der Waals surface area (Å²) in [6.45, 7) is -0.784. The molecule has 0 aromatic heterocycles. The van der Waals surface area contributed by atoms with E-state index in [0.29, 0.717) is 4.47 Å². The summed E-state index contributed by atoms with van der Waals surface area (Å²) < 4.78 is 44.4. The quantitative estimate of drug-likeness (QED) is 0.904. The average molecular weight is 313 g/mol. The zero-order valence-corrected chi connectivity index (χ0v) is 10.7. The number of hydrogen-bond acceptors (Lipinski definition) is 2. The van der Waals surface area contributed by atoms with E-state index in [1.807, 2.05) is 0 Å². The lowest BCUT2D eigenvalue weighted by Gasteiger charge is -2.20. The molecule has 1 aromatic carbocycles. The van der Waals surface area contributed by atoms with Gasteiger partial charge in [0.15, 0.2) is 0 Å². The third kappa shape index (κ3) is 3.89. The van der Waals surface area contributed by atoms with Gasteiger partial charge >= 0.3 is 0 Å². The fourth-order valence-corrected chi connectivity index (χ4v) is 1.61. The zero-order chi connectivity index (χ0) is 13.1. The average Bonchev–Trinajstić information content (AvgIpc) is 2.26. The molecule has 0 amide bonds. The Balaban J connectivity index is 3.06. The van der Waals surface area contributed by atoms with Crippen LogP contribution >= 0.6 is 15.9 Å². The summed E-state index contributed by atoms with van der Waals surface area (Å²) in [5.41, 5.74) is -0.348. The monoisotopic (exact) mass is 312 g/mol. The second-order valence-corrected chi connectivity index (χ2v) is 4.52. The molecule has 0 aliphatic rings. The highest BCUT2D eigenvalue weighted by atomic mass is 79.9. The van der Waals surface area contributed by atoms with Crippen LogP contribution in [-0.4, -0.2) is 24.5 Å². The molecular formula is C11H12BrF3O2. The maximum Gasteiger partial charge on any atom is 0.274 e. The second kappa shape index (κ2) is 5.73. The SMILES string of the molecule is CC(F)(F)c1cc(Br)ccc1O[C@H](CO)CF. The van der Waals surface area contributed by atoms with Crippen molar-refractivity contribution in [1.29, 1.82) is 0 Å². The summed E-state index contributed by atoms with van der Waals surface area (Å²) >= 11 is 3.08. The lowest BCUT2D eigenvalue weighted by atomic mass is 10.1. The lowest BCUT2D eigenvalue weighted by molar-refractivity contribution is 0.0104. The van der Waals surface area contributed by atoms with Crippen molar-refractivity contribution < 1.29 is 23.0 Å². The molecule has 1 atom stereocenters. The third-order valence-corrected chi connectivity index (χ3v) is 2.58. The molecule has 0 saturated carbocycles. The topological polar surface area (TPSA) is 29.5 Å². The van der Waals surface area contributed by atoms with Gasteiger partial charge in [0.2, 0.25) is 0 Å². The largest absolute Gasteiger partial charge is 0.485 e. The van der Waals surface area contributed by atoms with E-state index in [0.717, 1.165) is 6.92 Å². The van der Waals surface area contributed by atoms with E-state index in [9.17, 15) is 13.2 Å². The van der Waals surface area contributed by atoms with Crippen molar-refractivity contribution in [2.75, 3.05) is 13.3 Å². The van der Waals surface area contributed by atoms with Crippen LogP contribution in [0, 0.1) is 0 Å². The van der Waals surface area contributed by atoms with Crippen molar-refractivity contribution in [3.63, 3.8) is 0 Å². The molecule has 0 aliphatic heterocycles. The number of halogens is 4. The lowest BCUT2D eigenvalue weighted by Crippen LogP contribution is -2.24. The molecule has 0 fully saturated rings. The molecule has 0 bridgehead atoms. The van der Waals surface area contributed by atoms with Gasteiger partial charge in [-0.1, -0.05) is 15.9 Å². The smallest absolute Gasteiger partial charge is 0.274 e. The van der Waals surface area contributed by atoms with E-state index in [1.165, 1.54) is 18.2 Å². The van der Waals surface area contributed by atoms with Crippen molar-refractivity contribution in [3.8, 4) is 5.75 Å². The number of aliphatic hydroxyl groups is 1. The molecule has 0 saturated heterocycles. The van der Waals surface area contributed by atoms with Crippen molar-refractivity contribution >= 4 is 15.9 Å². The predicted molar refractivity (Wildman–Crippen MR) is 61.2 cm³/mol. The fraction of sp³-hybridized carbons (Fsp3) is 0.455. The van der Waals surface area contributed by atoms with Crippen LogP contribution in [0.15, 0.2) is 22.7 Å². The van der Waals surface area contributed by atoms with Crippen LogP contribution in [0.3, 0.4) is 0 Å². The minimum atomic E-state index is -3.10. The van der Waals surface area contributed by atoms with Gasteiger partial charge in [0, 0.05) is 11.4 Å². The Hall–Kier alpha value is -0.750. The highest BCUT2D eigenvalue weighted by molar-refractivity contribution is 9.10. The molecule has 0 unspecified atom stereocenters. The van der Waals surface area contributed by atoms with Crippen LogP contribution in [0.4, 0.5) is 13.2 Å². The first-order chi connectivity index (χ1) is 7.88. The summed E-state index contributed by atoms with van der Waals surface area (Å²) in [6, 6.07) is 4.04. The van der Waals surface area contributed by atoms with Gasteiger partial charge in [-0.2, -0.15) is 0 Å². The summed E-state index contributed by atoms with van der Waals surface area (Å²) in [5, 5.41) is 8.77. The van der Waals surface area contributed by atoms with Gasteiger partial charge in [-0.25, -0.2) is 13.2 Å². The molecule has 17 heavy (non-hydrogen) atoms. The third-order valence-electron chi connectivity index (χ3n) is 2.08. The normalized spacial score (nSPS) is 13.5. The molecule has 2 nitrogen and oxygen atoms in total. The van der Waals surface area contributed by atoms with Gasteiger partial charge in [0.25, 0.3) is 5.92 Å². The second-order valence-electron chi connectivity index (χ2n) is 3.61. The summed E-state index contributed by atoms with van der Waals surface area (Å²) in [5.74, 6) is -3.23. The van der Waals surface area contributed by atoms with E-state index in [-0.39, 0.29) is 11.3 Å². The Bertz CT molecular complexity index is 375. The van der Waals surface area contributed by atoms with Gasteiger partial charge in [0.05, 0.1) is 12.2 Å². The van der Waals surface area contributed by atoms with Crippen LogP contribution in [0.25, 0.3) is 0 Å². The Morgan fingerprint density at radius 3 is 2.59 bits per heavy atom. The van der Waals surface area contributed by atoms with Gasteiger partial charge in [0.1, 0.15) is 18.5 Å². The van der Waals surface area contributed by atoms with Crippen molar-refractivity contribution in [2.45, 2.75) is 19.0 Å². The molecule has 1 aromatic rings. The summed E-state index contributed by atoms with van der Waals surface area (Å²) in [7, 11) is 0. The number of rotatable bonds is 5.